The second kappa shape index (κ2) is 5.77. The number of nitriles is 1. The highest BCUT2D eigenvalue weighted by molar-refractivity contribution is 5.61. The van der Waals surface area contributed by atoms with Gasteiger partial charge in [0, 0.05) is 25.3 Å². The van der Waals surface area contributed by atoms with Crippen LogP contribution in [0, 0.1) is 11.3 Å². The van der Waals surface area contributed by atoms with Crippen molar-refractivity contribution in [3.8, 4) is 6.07 Å². The molecule has 2 aromatic carbocycles. The van der Waals surface area contributed by atoms with Gasteiger partial charge in [-0.15, -0.1) is 0 Å². The number of fused-ring (bicyclic) bond motifs is 1. The molecule has 1 aliphatic heterocycles. The summed E-state index contributed by atoms with van der Waals surface area (Å²) in [4.78, 5) is 0. The van der Waals surface area contributed by atoms with Crippen LogP contribution in [-0.4, -0.2) is 6.54 Å². The molecular formula is C17H17N3. The lowest BCUT2D eigenvalue weighted by Crippen LogP contribution is -2.13. The van der Waals surface area contributed by atoms with Gasteiger partial charge in [0.15, 0.2) is 0 Å². The van der Waals surface area contributed by atoms with Gasteiger partial charge in [-0.05, 0) is 35.2 Å². The standard InChI is InChI=1S/C17H17N3/c18-10-13-4-6-14(7-5-13)11-19-12-16-3-1-2-15-8-9-20-17(15)16/h1-7,19-20H,8-9,11-12H2. The number of benzene rings is 2. The fourth-order valence-electron chi connectivity index (χ4n) is 2.60. The smallest absolute Gasteiger partial charge is 0.0991 e. The molecule has 1 heterocycles. The maximum absolute atomic E-state index is 8.77. The largest absolute Gasteiger partial charge is 0.384 e. The van der Waals surface area contributed by atoms with Crippen molar-refractivity contribution in [1.82, 2.24) is 5.32 Å². The third-order valence-electron chi connectivity index (χ3n) is 3.66. The van der Waals surface area contributed by atoms with Crippen LogP contribution in [-0.2, 0) is 19.5 Å². The molecule has 1 aliphatic rings. The molecule has 20 heavy (non-hydrogen) atoms. The van der Waals surface area contributed by atoms with E-state index in [9.17, 15) is 0 Å². The van der Waals surface area contributed by atoms with Crippen LogP contribution in [0.2, 0.25) is 0 Å². The maximum Gasteiger partial charge on any atom is 0.0991 e. The summed E-state index contributed by atoms with van der Waals surface area (Å²) in [5.41, 5.74) is 5.96. The average Bonchev–Trinajstić information content (AvgIpc) is 2.97. The Bertz CT molecular complexity index is 638. The normalized spacial score (nSPS) is 12.6. The van der Waals surface area contributed by atoms with E-state index in [1.165, 1.54) is 22.4 Å². The Balaban J connectivity index is 1.60. The van der Waals surface area contributed by atoms with Crippen LogP contribution in [0.25, 0.3) is 0 Å². The molecule has 3 rings (SSSR count). The Morgan fingerprint density at radius 3 is 2.75 bits per heavy atom. The minimum absolute atomic E-state index is 0.707. The first-order valence-electron chi connectivity index (χ1n) is 6.91. The minimum atomic E-state index is 0.707. The van der Waals surface area contributed by atoms with Crippen LogP contribution in [0.5, 0.6) is 0 Å². The van der Waals surface area contributed by atoms with Crippen LogP contribution in [0.3, 0.4) is 0 Å². The lowest BCUT2D eigenvalue weighted by atomic mass is 10.1. The molecule has 2 aromatic rings. The molecule has 3 heteroatoms. The van der Waals surface area contributed by atoms with E-state index < -0.39 is 0 Å². The zero-order valence-corrected chi connectivity index (χ0v) is 11.3. The van der Waals surface area contributed by atoms with Crippen LogP contribution >= 0.6 is 0 Å². The van der Waals surface area contributed by atoms with Gasteiger partial charge in [-0.1, -0.05) is 30.3 Å². The van der Waals surface area contributed by atoms with Gasteiger partial charge in [-0.25, -0.2) is 0 Å². The van der Waals surface area contributed by atoms with Crippen molar-refractivity contribution in [2.45, 2.75) is 19.5 Å². The van der Waals surface area contributed by atoms with Crippen LogP contribution in [0.15, 0.2) is 42.5 Å². The summed E-state index contributed by atoms with van der Waals surface area (Å²) in [6.07, 6.45) is 1.12. The number of hydrogen-bond acceptors (Lipinski definition) is 3. The number of nitrogens with one attached hydrogen (secondary N) is 2. The van der Waals surface area contributed by atoms with Crippen molar-refractivity contribution in [2.24, 2.45) is 0 Å². The molecule has 0 spiro atoms. The Labute approximate surface area is 119 Å². The predicted molar refractivity (Wildman–Crippen MR) is 80.3 cm³/mol. The fourth-order valence-corrected chi connectivity index (χ4v) is 2.60. The van der Waals surface area contributed by atoms with Gasteiger partial charge < -0.3 is 10.6 Å². The molecule has 0 aromatic heterocycles. The van der Waals surface area contributed by atoms with Gasteiger partial charge in [0.25, 0.3) is 0 Å². The van der Waals surface area contributed by atoms with E-state index in [1.54, 1.807) is 0 Å². The molecule has 0 atom stereocenters. The summed E-state index contributed by atoms with van der Waals surface area (Å²) in [6.45, 7) is 2.72. The summed E-state index contributed by atoms with van der Waals surface area (Å²) in [6, 6.07) is 16.3. The molecule has 0 saturated carbocycles. The van der Waals surface area contributed by atoms with Crippen molar-refractivity contribution in [1.29, 1.82) is 5.26 Å². The number of anilines is 1. The first-order valence-corrected chi connectivity index (χ1v) is 6.91. The zero-order valence-electron chi connectivity index (χ0n) is 11.3. The SMILES string of the molecule is N#Cc1ccc(CNCc2cccc3c2NCC3)cc1. The first kappa shape index (κ1) is 12.7. The van der Waals surface area contributed by atoms with Crippen molar-refractivity contribution in [3.05, 3.63) is 64.7 Å². The molecule has 0 bridgehead atoms. The number of nitrogens with zero attached hydrogens (tertiary/aromatic N) is 1. The van der Waals surface area contributed by atoms with Gasteiger partial charge in [-0.2, -0.15) is 5.26 Å². The summed E-state index contributed by atoms with van der Waals surface area (Å²) >= 11 is 0. The van der Waals surface area contributed by atoms with Gasteiger partial charge in [0.05, 0.1) is 11.6 Å². The van der Waals surface area contributed by atoms with E-state index in [4.69, 9.17) is 5.26 Å². The molecule has 0 unspecified atom stereocenters. The lowest BCUT2D eigenvalue weighted by Gasteiger charge is -2.10. The molecule has 0 saturated heterocycles. The van der Waals surface area contributed by atoms with E-state index in [-0.39, 0.29) is 0 Å². The monoisotopic (exact) mass is 263 g/mol. The highest BCUT2D eigenvalue weighted by atomic mass is 14.9. The van der Waals surface area contributed by atoms with Crippen LogP contribution < -0.4 is 10.6 Å². The van der Waals surface area contributed by atoms with E-state index in [0.717, 1.165) is 26.1 Å². The molecular weight excluding hydrogens is 246 g/mol. The summed E-state index contributed by atoms with van der Waals surface area (Å²) in [5, 5.41) is 15.7. The second-order valence-corrected chi connectivity index (χ2v) is 5.04. The predicted octanol–water partition coefficient (Wildman–Crippen LogP) is 2.82. The Morgan fingerprint density at radius 2 is 1.95 bits per heavy atom. The maximum atomic E-state index is 8.77. The van der Waals surface area contributed by atoms with E-state index in [2.05, 4.69) is 34.9 Å². The fraction of sp³-hybridized carbons (Fsp3) is 0.235. The minimum Gasteiger partial charge on any atom is -0.384 e. The molecule has 0 amide bonds. The molecule has 0 fully saturated rings. The summed E-state index contributed by atoms with van der Waals surface area (Å²) in [7, 11) is 0. The van der Waals surface area contributed by atoms with Crippen molar-refractivity contribution < 1.29 is 0 Å². The summed E-state index contributed by atoms with van der Waals surface area (Å²) in [5.74, 6) is 0. The molecule has 3 nitrogen and oxygen atoms in total. The molecule has 0 radical (unpaired) electrons. The van der Waals surface area contributed by atoms with Crippen LogP contribution in [0.1, 0.15) is 22.3 Å². The Morgan fingerprint density at radius 1 is 1.10 bits per heavy atom. The van der Waals surface area contributed by atoms with Gasteiger partial charge in [0.1, 0.15) is 0 Å². The quantitative estimate of drug-likeness (QED) is 0.891. The highest BCUT2D eigenvalue weighted by Crippen LogP contribution is 2.26. The Kier molecular flexibility index (Phi) is 3.67. The number of rotatable bonds is 4. The molecule has 0 aliphatic carbocycles. The van der Waals surface area contributed by atoms with Gasteiger partial charge >= 0.3 is 0 Å². The van der Waals surface area contributed by atoms with E-state index >= 15 is 0 Å². The Hall–Kier alpha value is -2.31. The zero-order chi connectivity index (χ0) is 13.8. The second-order valence-electron chi connectivity index (χ2n) is 5.04. The van der Waals surface area contributed by atoms with Gasteiger partial charge in [0.2, 0.25) is 0 Å². The average molecular weight is 263 g/mol. The third kappa shape index (κ3) is 2.66. The van der Waals surface area contributed by atoms with Crippen LogP contribution in [0.4, 0.5) is 5.69 Å². The van der Waals surface area contributed by atoms with Gasteiger partial charge in [-0.3, -0.25) is 0 Å². The number of para-hydroxylation sites is 1. The molecule has 2 N–H and O–H groups in total. The lowest BCUT2D eigenvalue weighted by molar-refractivity contribution is 0.694. The first-order chi connectivity index (χ1) is 9.86. The van der Waals surface area contributed by atoms with Crippen molar-refractivity contribution >= 4 is 5.69 Å². The summed E-state index contributed by atoms with van der Waals surface area (Å²) < 4.78 is 0. The van der Waals surface area contributed by atoms with E-state index in [0.29, 0.717) is 5.56 Å². The van der Waals surface area contributed by atoms with Crippen molar-refractivity contribution in [3.63, 3.8) is 0 Å². The number of hydrogen-bond donors (Lipinski definition) is 2. The molecule has 100 valence electrons. The topological polar surface area (TPSA) is 47.9 Å². The third-order valence-corrected chi connectivity index (χ3v) is 3.66. The highest BCUT2D eigenvalue weighted by Gasteiger charge is 2.12. The van der Waals surface area contributed by atoms with Crippen molar-refractivity contribution in [2.75, 3.05) is 11.9 Å². The van der Waals surface area contributed by atoms with E-state index in [1.807, 2.05) is 24.3 Å².